The zero-order valence-electron chi connectivity index (χ0n) is 22.9. The van der Waals surface area contributed by atoms with E-state index < -0.39 is 85.6 Å². The lowest BCUT2D eigenvalue weighted by Gasteiger charge is -2.19. The first kappa shape index (κ1) is 35.3. The van der Waals surface area contributed by atoms with Gasteiger partial charge in [0.05, 0.1) is 6.54 Å². The molecule has 0 aliphatic carbocycles. The van der Waals surface area contributed by atoms with Crippen molar-refractivity contribution in [2.45, 2.75) is 76.2 Å². The quantitative estimate of drug-likeness (QED) is 0.0785. The summed E-state index contributed by atoms with van der Waals surface area (Å²) in [4.78, 5) is 86.3. The number of hydrogen-bond donors (Lipinski definition) is 8. The van der Waals surface area contributed by atoms with Crippen LogP contribution in [-0.2, 0) is 41.9 Å². The van der Waals surface area contributed by atoms with Gasteiger partial charge in [-0.2, -0.15) is 0 Å². The molecule has 3 atom stereocenters. The number of aliphatic carboxylic acids is 5. The van der Waals surface area contributed by atoms with Crippen molar-refractivity contribution in [2.24, 2.45) is 0 Å². The number of carboxylic acid groups (broad SMARTS) is 5. The lowest BCUT2D eigenvalue weighted by atomic mass is 10.1. The van der Waals surface area contributed by atoms with Crippen molar-refractivity contribution < 1.29 is 59.1 Å². The SMILES string of the molecule is CN(CCCCC(NC(=O)CCC(NC(=O)NC(CCC(=O)O)C(=O)O)C(=O)O)C(=O)O)Cc1nccn1CC(=O)O. The van der Waals surface area contributed by atoms with Crippen LogP contribution in [0.2, 0.25) is 0 Å². The third kappa shape index (κ3) is 14.1. The fraction of sp³-hybridized carbons (Fsp3) is 0.583. The van der Waals surface area contributed by atoms with Gasteiger partial charge >= 0.3 is 35.9 Å². The summed E-state index contributed by atoms with van der Waals surface area (Å²) < 4.78 is 1.50. The largest absolute Gasteiger partial charge is 0.481 e. The van der Waals surface area contributed by atoms with Crippen LogP contribution < -0.4 is 16.0 Å². The Morgan fingerprint density at radius 2 is 1.33 bits per heavy atom. The lowest BCUT2D eigenvalue weighted by Crippen LogP contribution is -2.51. The van der Waals surface area contributed by atoms with E-state index in [-0.39, 0.29) is 13.0 Å². The summed E-state index contributed by atoms with van der Waals surface area (Å²) in [5.74, 6) is -6.85. The summed E-state index contributed by atoms with van der Waals surface area (Å²) in [5, 5.41) is 51.8. The highest BCUT2D eigenvalue weighted by Crippen LogP contribution is 2.08. The molecule has 3 unspecified atom stereocenters. The van der Waals surface area contributed by atoms with Crippen LogP contribution in [0, 0.1) is 0 Å². The maximum absolute atomic E-state index is 12.3. The second-order valence-electron chi connectivity index (χ2n) is 9.43. The number of nitrogens with one attached hydrogen (secondary N) is 3. The van der Waals surface area contributed by atoms with Crippen molar-refractivity contribution in [2.75, 3.05) is 13.6 Å². The van der Waals surface area contributed by atoms with Gasteiger partial charge in [-0.05, 0) is 45.7 Å². The predicted octanol–water partition coefficient (Wildman–Crippen LogP) is -1.01. The Morgan fingerprint density at radius 3 is 1.86 bits per heavy atom. The molecule has 0 spiro atoms. The number of carbonyl (C=O) groups excluding carboxylic acids is 2. The molecule has 3 amide bonds. The number of urea groups is 1. The molecule has 18 heteroatoms. The summed E-state index contributed by atoms with van der Waals surface area (Å²) in [5.41, 5.74) is 0. The van der Waals surface area contributed by atoms with Gasteiger partial charge in [0.1, 0.15) is 30.5 Å². The van der Waals surface area contributed by atoms with Gasteiger partial charge in [-0.25, -0.2) is 24.2 Å². The van der Waals surface area contributed by atoms with Gasteiger partial charge in [-0.1, -0.05) is 0 Å². The highest BCUT2D eigenvalue weighted by molar-refractivity contribution is 5.87. The molecular formula is C24H36N6O12. The molecule has 0 aromatic carbocycles. The minimum absolute atomic E-state index is 0.0818. The van der Waals surface area contributed by atoms with Crippen LogP contribution in [0.25, 0.3) is 0 Å². The average molecular weight is 601 g/mol. The minimum atomic E-state index is -1.62. The molecule has 0 radical (unpaired) electrons. The van der Waals surface area contributed by atoms with Gasteiger partial charge in [-0.3, -0.25) is 19.3 Å². The van der Waals surface area contributed by atoms with Gasteiger partial charge in [0, 0.05) is 25.2 Å². The topological polar surface area (TPSA) is 278 Å². The third-order valence-electron chi connectivity index (χ3n) is 5.95. The van der Waals surface area contributed by atoms with Crippen LogP contribution in [0.1, 0.15) is 50.8 Å². The van der Waals surface area contributed by atoms with Crippen LogP contribution in [0.4, 0.5) is 4.79 Å². The normalized spacial score (nSPS) is 13.0. The van der Waals surface area contributed by atoms with Crippen LogP contribution in [-0.4, -0.2) is 113 Å². The number of carbonyl (C=O) groups is 7. The second kappa shape index (κ2) is 17.8. The van der Waals surface area contributed by atoms with E-state index in [1.165, 1.54) is 10.8 Å². The number of imidazole rings is 1. The third-order valence-corrected chi connectivity index (χ3v) is 5.95. The van der Waals surface area contributed by atoms with Crippen molar-refractivity contribution in [3.63, 3.8) is 0 Å². The molecule has 1 heterocycles. The van der Waals surface area contributed by atoms with E-state index in [0.29, 0.717) is 31.8 Å². The highest BCUT2D eigenvalue weighted by atomic mass is 16.4. The van der Waals surface area contributed by atoms with Crippen LogP contribution in [0.3, 0.4) is 0 Å². The van der Waals surface area contributed by atoms with E-state index in [1.54, 1.807) is 13.2 Å². The van der Waals surface area contributed by atoms with Gasteiger partial charge in [0.15, 0.2) is 0 Å². The van der Waals surface area contributed by atoms with E-state index >= 15 is 0 Å². The lowest BCUT2D eigenvalue weighted by molar-refractivity contribution is -0.142. The van der Waals surface area contributed by atoms with E-state index in [2.05, 4.69) is 10.3 Å². The van der Waals surface area contributed by atoms with Crippen molar-refractivity contribution in [3.8, 4) is 0 Å². The Hall–Kier alpha value is -4.74. The Balaban J connectivity index is 2.51. The monoisotopic (exact) mass is 600 g/mol. The maximum Gasteiger partial charge on any atom is 0.326 e. The van der Waals surface area contributed by atoms with E-state index in [0.717, 1.165) is 0 Å². The van der Waals surface area contributed by atoms with Crippen LogP contribution in [0.5, 0.6) is 0 Å². The molecule has 0 saturated heterocycles. The fourth-order valence-electron chi connectivity index (χ4n) is 3.77. The van der Waals surface area contributed by atoms with Crippen LogP contribution in [0.15, 0.2) is 12.4 Å². The smallest absolute Gasteiger partial charge is 0.326 e. The molecule has 42 heavy (non-hydrogen) atoms. The molecule has 234 valence electrons. The molecule has 0 bridgehead atoms. The maximum atomic E-state index is 12.3. The Labute approximate surface area is 239 Å². The fourth-order valence-corrected chi connectivity index (χ4v) is 3.77. The van der Waals surface area contributed by atoms with Crippen molar-refractivity contribution in [3.05, 3.63) is 18.2 Å². The summed E-state index contributed by atoms with van der Waals surface area (Å²) >= 11 is 0. The number of carboxylic acids is 5. The van der Waals surface area contributed by atoms with Gasteiger partial charge < -0.3 is 46.1 Å². The summed E-state index contributed by atoms with van der Waals surface area (Å²) in [7, 11) is 1.79. The number of hydrogen-bond acceptors (Lipinski definition) is 9. The van der Waals surface area contributed by atoms with E-state index in [4.69, 9.17) is 15.3 Å². The van der Waals surface area contributed by atoms with Crippen LogP contribution >= 0.6 is 0 Å². The molecule has 0 aliphatic rings. The molecular weight excluding hydrogens is 564 g/mol. The zero-order valence-corrected chi connectivity index (χ0v) is 22.9. The summed E-state index contributed by atoms with van der Waals surface area (Å²) in [6, 6.07) is -5.65. The molecule has 18 nitrogen and oxygen atoms in total. The standard InChI is InChI=1S/C24H36N6O12/c1-29(12-17-25-9-11-30(17)13-20(34)35)10-3-2-4-14(21(36)37)26-18(31)7-5-15(22(38)39)27-24(42)28-16(23(40)41)6-8-19(32)33/h9,11,14-16H,2-8,10,12-13H2,1H3,(H,26,31)(H,32,33)(H,34,35)(H,36,37)(H,38,39)(H,40,41)(H2,27,28,42). The van der Waals surface area contributed by atoms with Gasteiger partial charge in [0.25, 0.3) is 0 Å². The Morgan fingerprint density at radius 1 is 0.786 bits per heavy atom. The molecule has 1 rings (SSSR count). The highest BCUT2D eigenvalue weighted by Gasteiger charge is 2.26. The number of amides is 3. The Kier molecular flexibility index (Phi) is 15.0. The number of unbranched alkanes of at least 4 members (excludes halogenated alkanes) is 1. The molecule has 1 aromatic heterocycles. The molecule has 1 aromatic rings. The first-order chi connectivity index (χ1) is 19.7. The molecule has 8 N–H and O–H groups in total. The zero-order chi connectivity index (χ0) is 31.8. The number of nitrogens with zero attached hydrogens (tertiary/aromatic N) is 3. The molecule has 0 fully saturated rings. The van der Waals surface area contributed by atoms with E-state index in [9.17, 15) is 43.8 Å². The first-order valence-corrected chi connectivity index (χ1v) is 12.9. The second-order valence-corrected chi connectivity index (χ2v) is 9.43. The average Bonchev–Trinajstić information content (AvgIpc) is 3.30. The summed E-state index contributed by atoms with van der Waals surface area (Å²) in [6.07, 6.45) is 2.21. The predicted molar refractivity (Wildman–Crippen MR) is 140 cm³/mol. The number of rotatable bonds is 21. The van der Waals surface area contributed by atoms with E-state index in [1.807, 2.05) is 15.5 Å². The van der Waals surface area contributed by atoms with Gasteiger partial charge in [0.2, 0.25) is 5.91 Å². The molecule has 0 saturated carbocycles. The summed E-state index contributed by atoms with van der Waals surface area (Å²) in [6.45, 7) is 0.683. The van der Waals surface area contributed by atoms with Crippen molar-refractivity contribution in [1.29, 1.82) is 0 Å². The Bertz CT molecular complexity index is 1120. The van der Waals surface area contributed by atoms with Crippen molar-refractivity contribution in [1.82, 2.24) is 30.4 Å². The number of aromatic nitrogens is 2. The minimum Gasteiger partial charge on any atom is -0.481 e. The molecule has 0 aliphatic heterocycles. The van der Waals surface area contributed by atoms with Crippen molar-refractivity contribution >= 4 is 41.8 Å². The van der Waals surface area contributed by atoms with Gasteiger partial charge in [-0.15, -0.1) is 0 Å². The first-order valence-electron chi connectivity index (χ1n) is 12.9.